The standard InChI is InChI=1S/C28H40O4/c1-2-3-4-5-6-7-8-9-10-11-14-23-31-27(29)21-16-22-28(30)32-26-20-15-18-24-17-12-13-19-25(24)26/h12-13,15,17-20H,2-11,14,16,21-23H2,1H3. The van der Waals surface area contributed by atoms with Gasteiger partial charge in [0.2, 0.25) is 0 Å². The van der Waals surface area contributed by atoms with E-state index in [1.54, 1.807) is 6.07 Å². The molecular weight excluding hydrogens is 400 g/mol. The van der Waals surface area contributed by atoms with E-state index in [1.165, 1.54) is 57.8 Å². The van der Waals surface area contributed by atoms with Gasteiger partial charge >= 0.3 is 11.9 Å². The van der Waals surface area contributed by atoms with E-state index in [0.717, 1.165) is 23.6 Å². The van der Waals surface area contributed by atoms with Crippen molar-refractivity contribution in [3.05, 3.63) is 42.5 Å². The second-order valence-electron chi connectivity index (χ2n) is 8.56. The highest BCUT2D eigenvalue weighted by Crippen LogP contribution is 2.25. The van der Waals surface area contributed by atoms with Gasteiger partial charge in [-0.25, -0.2) is 0 Å². The molecule has 4 heteroatoms. The highest BCUT2D eigenvalue weighted by Gasteiger charge is 2.10. The normalized spacial score (nSPS) is 10.9. The lowest BCUT2D eigenvalue weighted by Gasteiger charge is -2.08. The van der Waals surface area contributed by atoms with Crippen LogP contribution in [-0.4, -0.2) is 18.5 Å². The van der Waals surface area contributed by atoms with Crippen molar-refractivity contribution in [1.82, 2.24) is 0 Å². The molecule has 0 unspecified atom stereocenters. The molecule has 0 aromatic heterocycles. The van der Waals surface area contributed by atoms with Gasteiger partial charge in [-0.3, -0.25) is 9.59 Å². The summed E-state index contributed by atoms with van der Waals surface area (Å²) < 4.78 is 10.8. The molecule has 2 aromatic rings. The lowest BCUT2D eigenvalue weighted by atomic mass is 10.1. The van der Waals surface area contributed by atoms with E-state index >= 15 is 0 Å². The number of benzene rings is 2. The fourth-order valence-corrected chi connectivity index (χ4v) is 3.86. The topological polar surface area (TPSA) is 52.6 Å². The van der Waals surface area contributed by atoms with Crippen LogP contribution in [-0.2, 0) is 14.3 Å². The zero-order chi connectivity index (χ0) is 22.9. The van der Waals surface area contributed by atoms with E-state index in [9.17, 15) is 9.59 Å². The molecule has 0 aliphatic heterocycles. The number of carbonyl (C=O) groups excluding carboxylic acids is 2. The number of rotatable bonds is 17. The molecule has 32 heavy (non-hydrogen) atoms. The summed E-state index contributed by atoms with van der Waals surface area (Å²) in [6, 6.07) is 13.4. The van der Waals surface area contributed by atoms with Crippen molar-refractivity contribution in [3.8, 4) is 5.75 Å². The molecule has 4 nitrogen and oxygen atoms in total. The van der Waals surface area contributed by atoms with Gasteiger partial charge < -0.3 is 9.47 Å². The van der Waals surface area contributed by atoms with Gasteiger partial charge in [0.1, 0.15) is 5.75 Å². The summed E-state index contributed by atoms with van der Waals surface area (Å²) in [5.41, 5.74) is 0. The predicted molar refractivity (Wildman–Crippen MR) is 131 cm³/mol. The Labute approximate surface area is 193 Å². The Morgan fingerprint density at radius 3 is 1.97 bits per heavy atom. The first-order chi connectivity index (χ1) is 15.7. The van der Waals surface area contributed by atoms with Gasteiger partial charge in [0.05, 0.1) is 6.61 Å². The third kappa shape index (κ3) is 10.8. The van der Waals surface area contributed by atoms with E-state index in [2.05, 4.69) is 6.92 Å². The molecule has 0 heterocycles. The number of fused-ring (bicyclic) bond motifs is 1. The molecule has 176 valence electrons. The average Bonchev–Trinajstić information content (AvgIpc) is 2.80. The fraction of sp³-hybridized carbons (Fsp3) is 0.571. The average molecular weight is 441 g/mol. The lowest BCUT2D eigenvalue weighted by molar-refractivity contribution is -0.144. The minimum absolute atomic E-state index is 0.205. The fourth-order valence-electron chi connectivity index (χ4n) is 3.86. The maximum atomic E-state index is 12.1. The number of ether oxygens (including phenoxy) is 2. The summed E-state index contributed by atoms with van der Waals surface area (Å²) in [5, 5.41) is 1.94. The monoisotopic (exact) mass is 440 g/mol. The molecule has 0 aliphatic rings. The zero-order valence-corrected chi connectivity index (χ0v) is 19.8. The van der Waals surface area contributed by atoms with Crippen LogP contribution in [0.2, 0.25) is 0 Å². The zero-order valence-electron chi connectivity index (χ0n) is 19.8. The summed E-state index contributed by atoms with van der Waals surface area (Å²) in [4.78, 5) is 24.0. The maximum absolute atomic E-state index is 12.1. The van der Waals surface area contributed by atoms with Gasteiger partial charge in [0, 0.05) is 18.2 Å². The molecule has 0 fully saturated rings. The van der Waals surface area contributed by atoms with E-state index in [1.807, 2.05) is 36.4 Å². The number of hydrogen-bond acceptors (Lipinski definition) is 4. The summed E-state index contributed by atoms with van der Waals surface area (Å²) in [5.74, 6) is 0.0155. The molecular formula is C28H40O4. The second kappa shape index (κ2) is 16.3. The van der Waals surface area contributed by atoms with Crippen LogP contribution in [0, 0.1) is 0 Å². The highest BCUT2D eigenvalue weighted by atomic mass is 16.5. The van der Waals surface area contributed by atoms with Crippen LogP contribution in [0.25, 0.3) is 10.8 Å². The van der Waals surface area contributed by atoms with E-state index < -0.39 is 0 Å². The van der Waals surface area contributed by atoms with E-state index in [4.69, 9.17) is 9.47 Å². The first-order valence-electron chi connectivity index (χ1n) is 12.5. The van der Waals surface area contributed by atoms with Crippen molar-refractivity contribution in [2.75, 3.05) is 6.61 Å². The number of carbonyl (C=O) groups is 2. The van der Waals surface area contributed by atoms with E-state index in [0.29, 0.717) is 18.8 Å². The Kier molecular flexibility index (Phi) is 13.2. The van der Waals surface area contributed by atoms with Crippen LogP contribution in [0.3, 0.4) is 0 Å². The van der Waals surface area contributed by atoms with Crippen LogP contribution in [0.15, 0.2) is 42.5 Å². The number of unbranched alkanes of at least 4 members (excludes halogenated alkanes) is 10. The van der Waals surface area contributed by atoms with Gasteiger partial charge in [-0.1, -0.05) is 108 Å². The van der Waals surface area contributed by atoms with Crippen LogP contribution < -0.4 is 4.74 Å². The smallest absolute Gasteiger partial charge is 0.311 e. The first kappa shape index (κ1) is 25.9. The first-order valence-corrected chi connectivity index (χ1v) is 12.5. The Morgan fingerprint density at radius 1 is 0.656 bits per heavy atom. The second-order valence-corrected chi connectivity index (χ2v) is 8.56. The van der Waals surface area contributed by atoms with Gasteiger partial charge in [0.15, 0.2) is 0 Å². The molecule has 0 bridgehead atoms. The molecule has 0 spiro atoms. The maximum Gasteiger partial charge on any atom is 0.311 e. The molecule has 0 aliphatic carbocycles. The Bertz CT molecular complexity index is 794. The van der Waals surface area contributed by atoms with Crippen molar-refractivity contribution in [1.29, 1.82) is 0 Å². The summed E-state index contributed by atoms with van der Waals surface area (Å²) in [6.45, 7) is 2.73. The van der Waals surface area contributed by atoms with Gasteiger partial charge in [-0.2, -0.15) is 0 Å². The van der Waals surface area contributed by atoms with Gasteiger partial charge in [0.25, 0.3) is 0 Å². The van der Waals surface area contributed by atoms with Gasteiger partial charge in [-0.15, -0.1) is 0 Å². The number of hydrogen-bond donors (Lipinski definition) is 0. The van der Waals surface area contributed by atoms with Crippen LogP contribution in [0.1, 0.15) is 96.8 Å². The molecule has 0 saturated heterocycles. The van der Waals surface area contributed by atoms with Crippen LogP contribution in [0.5, 0.6) is 5.75 Å². The van der Waals surface area contributed by atoms with Gasteiger partial charge in [-0.05, 0) is 24.3 Å². The summed E-state index contributed by atoms with van der Waals surface area (Å²) in [7, 11) is 0. The molecule has 0 atom stereocenters. The molecule has 2 aromatic carbocycles. The minimum Gasteiger partial charge on any atom is -0.466 e. The van der Waals surface area contributed by atoms with Crippen LogP contribution in [0.4, 0.5) is 0 Å². The Morgan fingerprint density at radius 2 is 1.25 bits per heavy atom. The number of esters is 2. The third-order valence-corrected chi connectivity index (χ3v) is 5.75. The van der Waals surface area contributed by atoms with Crippen molar-refractivity contribution in [3.63, 3.8) is 0 Å². The SMILES string of the molecule is CCCCCCCCCCCCCOC(=O)CCCC(=O)Oc1cccc2ccccc12. The lowest BCUT2D eigenvalue weighted by Crippen LogP contribution is -2.10. The summed E-state index contributed by atoms with van der Waals surface area (Å²) in [6.07, 6.45) is 14.9. The predicted octanol–water partition coefficient (Wildman–Crippen LogP) is 7.77. The van der Waals surface area contributed by atoms with E-state index in [-0.39, 0.29) is 24.8 Å². The highest BCUT2D eigenvalue weighted by molar-refractivity contribution is 5.90. The molecule has 0 amide bonds. The quantitative estimate of drug-likeness (QED) is 0.143. The largest absolute Gasteiger partial charge is 0.466 e. The Balaban J connectivity index is 1.45. The third-order valence-electron chi connectivity index (χ3n) is 5.75. The molecule has 0 saturated carbocycles. The molecule has 0 N–H and O–H groups in total. The molecule has 0 radical (unpaired) electrons. The van der Waals surface area contributed by atoms with Crippen molar-refractivity contribution < 1.29 is 19.1 Å². The van der Waals surface area contributed by atoms with Crippen molar-refractivity contribution in [2.24, 2.45) is 0 Å². The Hall–Kier alpha value is -2.36. The molecule has 2 rings (SSSR count). The minimum atomic E-state index is -0.320. The summed E-state index contributed by atoms with van der Waals surface area (Å²) >= 11 is 0. The van der Waals surface area contributed by atoms with Crippen molar-refractivity contribution >= 4 is 22.7 Å². The van der Waals surface area contributed by atoms with Crippen molar-refractivity contribution in [2.45, 2.75) is 96.8 Å². The van der Waals surface area contributed by atoms with Crippen LogP contribution >= 0.6 is 0 Å².